The smallest absolute Gasteiger partial charge is 0.307 e. The van der Waals surface area contributed by atoms with Gasteiger partial charge in [0.25, 0.3) is 0 Å². The molecule has 1 fully saturated rings. The van der Waals surface area contributed by atoms with Crippen molar-refractivity contribution in [2.75, 3.05) is 0 Å². The summed E-state index contributed by atoms with van der Waals surface area (Å²) in [4.78, 5) is 10.7. The number of carboxylic acids is 1. The van der Waals surface area contributed by atoms with Crippen molar-refractivity contribution in [3.8, 4) is 5.75 Å². The van der Waals surface area contributed by atoms with Crippen LogP contribution in [-0.2, 0) is 11.2 Å². The van der Waals surface area contributed by atoms with E-state index in [2.05, 4.69) is 0 Å². The van der Waals surface area contributed by atoms with Crippen molar-refractivity contribution >= 4 is 5.97 Å². The second-order valence-electron chi connectivity index (χ2n) is 5.08. The summed E-state index contributed by atoms with van der Waals surface area (Å²) >= 11 is 0. The number of carbonyl (C=O) groups is 1. The van der Waals surface area contributed by atoms with Crippen LogP contribution in [0, 0.1) is 0 Å². The predicted octanol–water partition coefficient (Wildman–Crippen LogP) is 2.39. The molecule has 4 nitrogen and oxygen atoms in total. The Kier molecular flexibility index (Phi) is 4.80. The Morgan fingerprint density at radius 2 is 2.05 bits per heavy atom. The fourth-order valence-electron chi connectivity index (χ4n) is 2.47. The first-order valence-electron chi connectivity index (χ1n) is 6.80. The summed E-state index contributed by atoms with van der Waals surface area (Å²) < 4.78 is 5.83. The second kappa shape index (κ2) is 6.57. The Balaban J connectivity index is 2.03. The first-order chi connectivity index (χ1) is 9.15. The molecule has 0 bridgehead atoms. The molecule has 2 rings (SSSR count). The first-order valence-corrected chi connectivity index (χ1v) is 6.80. The maximum absolute atomic E-state index is 10.7. The molecule has 2 atom stereocenters. The molecule has 2 N–H and O–H groups in total. The van der Waals surface area contributed by atoms with Crippen LogP contribution in [0.1, 0.15) is 37.7 Å². The van der Waals surface area contributed by atoms with E-state index < -0.39 is 12.1 Å². The third-order valence-electron chi connectivity index (χ3n) is 3.46. The number of benzene rings is 1. The SMILES string of the molecule is O=C(O)Cc1cccc(OC2CCCCCC2O)c1. The van der Waals surface area contributed by atoms with Crippen LogP contribution < -0.4 is 4.74 Å². The average molecular weight is 264 g/mol. The quantitative estimate of drug-likeness (QED) is 0.819. The van der Waals surface area contributed by atoms with Crippen molar-refractivity contribution in [2.45, 2.75) is 50.7 Å². The highest BCUT2D eigenvalue weighted by Gasteiger charge is 2.23. The number of aliphatic carboxylic acids is 1. The predicted molar refractivity (Wildman–Crippen MR) is 71.3 cm³/mol. The summed E-state index contributed by atoms with van der Waals surface area (Å²) in [6.45, 7) is 0. The van der Waals surface area contributed by atoms with Gasteiger partial charge in [-0.2, -0.15) is 0 Å². The van der Waals surface area contributed by atoms with E-state index in [1.54, 1.807) is 18.2 Å². The molecule has 0 spiro atoms. The van der Waals surface area contributed by atoms with Crippen molar-refractivity contribution in [3.63, 3.8) is 0 Å². The molecule has 0 radical (unpaired) electrons. The lowest BCUT2D eigenvalue weighted by Crippen LogP contribution is -2.30. The van der Waals surface area contributed by atoms with Gasteiger partial charge in [0.05, 0.1) is 12.5 Å². The Morgan fingerprint density at radius 1 is 1.26 bits per heavy atom. The molecule has 1 aromatic rings. The maximum atomic E-state index is 10.7. The van der Waals surface area contributed by atoms with E-state index in [1.165, 1.54) is 0 Å². The number of hydrogen-bond acceptors (Lipinski definition) is 3. The molecule has 1 aliphatic carbocycles. The van der Waals surface area contributed by atoms with Gasteiger partial charge in [0.1, 0.15) is 11.9 Å². The molecule has 2 unspecified atom stereocenters. The lowest BCUT2D eigenvalue weighted by atomic mass is 10.1. The van der Waals surface area contributed by atoms with Crippen LogP contribution in [0.25, 0.3) is 0 Å². The van der Waals surface area contributed by atoms with Crippen molar-refractivity contribution in [1.82, 2.24) is 0 Å². The number of ether oxygens (including phenoxy) is 1. The van der Waals surface area contributed by atoms with Gasteiger partial charge in [0, 0.05) is 0 Å². The molecular formula is C15H20O4. The van der Waals surface area contributed by atoms with E-state index in [0.29, 0.717) is 11.3 Å². The van der Waals surface area contributed by atoms with Crippen molar-refractivity contribution in [1.29, 1.82) is 0 Å². The molecule has 0 amide bonds. The van der Waals surface area contributed by atoms with E-state index in [-0.39, 0.29) is 12.5 Å². The highest BCUT2D eigenvalue weighted by Crippen LogP contribution is 2.24. The summed E-state index contributed by atoms with van der Waals surface area (Å²) in [7, 11) is 0. The van der Waals surface area contributed by atoms with Crippen molar-refractivity contribution in [2.24, 2.45) is 0 Å². The number of rotatable bonds is 4. The van der Waals surface area contributed by atoms with Gasteiger partial charge in [0.15, 0.2) is 0 Å². The highest BCUT2D eigenvalue weighted by atomic mass is 16.5. The number of hydrogen-bond donors (Lipinski definition) is 2. The fraction of sp³-hybridized carbons (Fsp3) is 0.533. The van der Waals surface area contributed by atoms with Crippen LogP contribution in [0.5, 0.6) is 5.75 Å². The summed E-state index contributed by atoms with van der Waals surface area (Å²) in [6, 6.07) is 7.11. The number of carboxylic acid groups (broad SMARTS) is 1. The zero-order valence-corrected chi connectivity index (χ0v) is 10.9. The normalized spacial score (nSPS) is 23.6. The molecule has 19 heavy (non-hydrogen) atoms. The minimum atomic E-state index is -0.855. The van der Waals surface area contributed by atoms with Gasteiger partial charge in [-0.1, -0.05) is 25.0 Å². The molecule has 0 aliphatic heterocycles. The van der Waals surface area contributed by atoms with Crippen molar-refractivity contribution < 1.29 is 19.7 Å². The van der Waals surface area contributed by atoms with Gasteiger partial charge in [-0.3, -0.25) is 4.79 Å². The third-order valence-corrected chi connectivity index (χ3v) is 3.46. The van der Waals surface area contributed by atoms with Gasteiger partial charge in [0.2, 0.25) is 0 Å². The number of aliphatic hydroxyl groups excluding tert-OH is 1. The van der Waals surface area contributed by atoms with E-state index in [4.69, 9.17) is 9.84 Å². The summed E-state index contributed by atoms with van der Waals surface area (Å²) in [6.07, 6.45) is 4.26. The molecule has 4 heteroatoms. The minimum Gasteiger partial charge on any atom is -0.488 e. The summed E-state index contributed by atoms with van der Waals surface area (Å²) in [5, 5.41) is 18.8. The zero-order chi connectivity index (χ0) is 13.7. The Bertz CT molecular complexity index is 430. The molecule has 1 aliphatic rings. The summed E-state index contributed by atoms with van der Waals surface area (Å²) in [5.74, 6) is -0.212. The van der Waals surface area contributed by atoms with E-state index in [1.807, 2.05) is 6.07 Å². The van der Waals surface area contributed by atoms with E-state index in [0.717, 1.165) is 32.1 Å². The molecular weight excluding hydrogens is 244 g/mol. The Morgan fingerprint density at radius 3 is 2.84 bits per heavy atom. The van der Waals surface area contributed by atoms with Gasteiger partial charge in [-0.15, -0.1) is 0 Å². The minimum absolute atomic E-state index is 0.00950. The average Bonchev–Trinajstić information content (AvgIpc) is 2.55. The molecule has 104 valence electrons. The molecule has 0 saturated heterocycles. The van der Waals surface area contributed by atoms with Crippen LogP contribution >= 0.6 is 0 Å². The summed E-state index contributed by atoms with van der Waals surface area (Å²) in [5.41, 5.74) is 0.716. The van der Waals surface area contributed by atoms with Crippen LogP contribution in [-0.4, -0.2) is 28.4 Å². The maximum Gasteiger partial charge on any atom is 0.307 e. The second-order valence-corrected chi connectivity index (χ2v) is 5.08. The monoisotopic (exact) mass is 264 g/mol. The van der Waals surface area contributed by atoms with Crippen molar-refractivity contribution in [3.05, 3.63) is 29.8 Å². The van der Waals surface area contributed by atoms with Gasteiger partial charge in [-0.05, 0) is 37.0 Å². The molecule has 1 saturated carbocycles. The third kappa shape index (κ3) is 4.24. The Hall–Kier alpha value is -1.55. The standard InChI is InChI=1S/C15H20O4/c16-13-7-2-1-3-8-14(13)19-12-6-4-5-11(9-12)10-15(17)18/h4-6,9,13-14,16H,1-3,7-8,10H2,(H,17,18). The lowest BCUT2D eigenvalue weighted by molar-refractivity contribution is -0.136. The number of aliphatic hydroxyl groups is 1. The van der Waals surface area contributed by atoms with Crippen LogP contribution in [0.2, 0.25) is 0 Å². The topological polar surface area (TPSA) is 66.8 Å². The van der Waals surface area contributed by atoms with Gasteiger partial charge in [-0.25, -0.2) is 0 Å². The van der Waals surface area contributed by atoms with Crippen LogP contribution in [0.3, 0.4) is 0 Å². The van der Waals surface area contributed by atoms with Crippen LogP contribution in [0.15, 0.2) is 24.3 Å². The Labute approximate surface area is 113 Å². The van der Waals surface area contributed by atoms with Crippen LogP contribution in [0.4, 0.5) is 0 Å². The van der Waals surface area contributed by atoms with E-state index in [9.17, 15) is 9.90 Å². The fourth-order valence-corrected chi connectivity index (χ4v) is 2.47. The lowest BCUT2D eigenvalue weighted by Gasteiger charge is -2.22. The zero-order valence-electron chi connectivity index (χ0n) is 10.9. The van der Waals surface area contributed by atoms with Gasteiger partial charge < -0.3 is 14.9 Å². The first kappa shape index (κ1) is 13.9. The largest absolute Gasteiger partial charge is 0.488 e. The highest BCUT2D eigenvalue weighted by molar-refractivity contribution is 5.70. The van der Waals surface area contributed by atoms with Gasteiger partial charge >= 0.3 is 5.97 Å². The molecule has 1 aromatic carbocycles. The van der Waals surface area contributed by atoms with E-state index >= 15 is 0 Å². The molecule has 0 heterocycles. The molecule has 0 aromatic heterocycles.